The third-order valence-electron chi connectivity index (χ3n) is 4.79. The molecule has 0 aliphatic heterocycles. The molecule has 0 amide bonds. The van der Waals surface area contributed by atoms with Crippen molar-refractivity contribution in [1.82, 2.24) is 0 Å². The van der Waals surface area contributed by atoms with Gasteiger partial charge in [0.05, 0.1) is 0 Å². The maximum Gasteiger partial charge on any atom is 0.00414 e. The average molecular weight is 268 g/mol. The Bertz CT molecular complexity index is 186. The van der Waals surface area contributed by atoms with Gasteiger partial charge < -0.3 is 5.73 Å². The molecule has 2 N–H and O–H groups in total. The van der Waals surface area contributed by atoms with E-state index in [1.54, 1.807) is 0 Å². The predicted octanol–water partition coefficient (Wildman–Crippen LogP) is 5.81. The molecule has 1 heteroatoms. The Balaban J connectivity index is 1.73. The van der Waals surface area contributed by atoms with E-state index in [1.807, 2.05) is 0 Å². The van der Waals surface area contributed by atoms with E-state index in [0.717, 1.165) is 5.92 Å². The molecule has 1 aliphatic rings. The average Bonchev–Trinajstić information content (AvgIpc) is 2.36. The highest BCUT2D eigenvalue weighted by Crippen LogP contribution is 2.30. The van der Waals surface area contributed by atoms with E-state index in [1.165, 1.54) is 96.3 Å². The smallest absolute Gasteiger partial charge is 0.00414 e. The minimum atomic E-state index is 0.499. The molecule has 1 saturated carbocycles. The van der Waals surface area contributed by atoms with Crippen molar-refractivity contribution in [2.75, 3.05) is 0 Å². The Hall–Kier alpha value is -0.0400. The normalized spacial score (nSPS) is 17.4. The molecule has 0 radical (unpaired) electrons. The lowest BCUT2D eigenvalue weighted by Gasteiger charge is -2.28. The summed E-state index contributed by atoms with van der Waals surface area (Å²) >= 11 is 0. The molecule has 0 bridgehead atoms. The van der Waals surface area contributed by atoms with Crippen molar-refractivity contribution in [3.63, 3.8) is 0 Å². The van der Waals surface area contributed by atoms with Crippen LogP contribution in [-0.4, -0.2) is 6.04 Å². The van der Waals surface area contributed by atoms with Gasteiger partial charge in [-0.25, -0.2) is 0 Å². The summed E-state index contributed by atoms with van der Waals surface area (Å²) < 4.78 is 0. The van der Waals surface area contributed by atoms with Crippen molar-refractivity contribution >= 4 is 0 Å². The maximum absolute atomic E-state index is 6.19. The van der Waals surface area contributed by atoms with Gasteiger partial charge in [0.1, 0.15) is 0 Å². The molecule has 0 aromatic heterocycles. The van der Waals surface area contributed by atoms with Crippen LogP contribution < -0.4 is 5.73 Å². The minimum Gasteiger partial charge on any atom is -0.328 e. The Morgan fingerprint density at radius 3 is 1.84 bits per heavy atom. The van der Waals surface area contributed by atoms with Crippen molar-refractivity contribution in [2.24, 2.45) is 11.7 Å². The molecule has 114 valence electrons. The third-order valence-corrected chi connectivity index (χ3v) is 4.79. The van der Waals surface area contributed by atoms with Gasteiger partial charge in [-0.3, -0.25) is 0 Å². The molecule has 1 atom stereocenters. The van der Waals surface area contributed by atoms with Crippen LogP contribution in [0.2, 0.25) is 0 Å². The van der Waals surface area contributed by atoms with Crippen molar-refractivity contribution in [3.05, 3.63) is 0 Å². The van der Waals surface area contributed by atoms with Crippen molar-refractivity contribution in [2.45, 2.75) is 109 Å². The van der Waals surface area contributed by atoms with Crippen LogP contribution in [0, 0.1) is 5.92 Å². The fourth-order valence-corrected chi connectivity index (χ4v) is 3.17. The lowest BCUT2D eigenvalue weighted by atomic mass is 9.80. The summed E-state index contributed by atoms with van der Waals surface area (Å²) in [7, 11) is 0. The summed E-state index contributed by atoms with van der Waals surface area (Å²) in [5, 5.41) is 0. The second-order valence-corrected chi connectivity index (χ2v) is 6.76. The first-order valence-corrected chi connectivity index (χ1v) is 9.08. The lowest BCUT2D eigenvalue weighted by Crippen LogP contribution is -2.26. The molecule has 0 aromatic carbocycles. The molecule has 0 spiro atoms. The van der Waals surface area contributed by atoms with E-state index in [2.05, 4.69) is 6.92 Å². The van der Waals surface area contributed by atoms with Crippen LogP contribution in [0.15, 0.2) is 0 Å². The first-order chi connectivity index (χ1) is 9.33. The Kier molecular flexibility index (Phi) is 10.5. The predicted molar refractivity (Wildman–Crippen MR) is 86.4 cm³/mol. The molecule has 0 aromatic rings. The van der Waals surface area contributed by atoms with Crippen LogP contribution in [0.25, 0.3) is 0 Å². The SMILES string of the molecule is CCCCCCCCCCCCC(N)CC1CCC1. The van der Waals surface area contributed by atoms with Crippen LogP contribution in [0.3, 0.4) is 0 Å². The fourth-order valence-electron chi connectivity index (χ4n) is 3.17. The second-order valence-electron chi connectivity index (χ2n) is 6.76. The zero-order valence-electron chi connectivity index (χ0n) is 13.3. The highest BCUT2D eigenvalue weighted by atomic mass is 14.6. The van der Waals surface area contributed by atoms with Crippen molar-refractivity contribution in [3.8, 4) is 0 Å². The summed E-state index contributed by atoms with van der Waals surface area (Å²) in [5.41, 5.74) is 6.19. The fraction of sp³-hybridized carbons (Fsp3) is 1.00. The minimum absolute atomic E-state index is 0.499. The van der Waals surface area contributed by atoms with E-state index in [9.17, 15) is 0 Å². The number of nitrogens with two attached hydrogens (primary N) is 1. The van der Waals surface area contributed by atoms with E-state index >= 15 is 0 Å². The van der Waals surface area contributed by atoms with Gasteiger partial charge in [-0.15, -0.1) is 0 Å². The Morgan fingerprint density at radius 1 is 0.842 bits per heavy atom. The van der Waals surface area contributed by atoms with E-state index < -0.39 is 0 Å². The van der Waals surface area contributed by atoms with Gasteiger partial charge in [0, 0.05) is 6.04 Å². The molecule has 1 unspecified atom stereocenters. The number of hydrogen-bond acceptors (Lipinski definition) is 1. The van der Waals surface area contributed by atoms with Crippen LogP contribution in [-0.2, 0) is 0 Å². The molecular weight excluding hydrogens is 230 g/mol. The summed E-state index contributed by atoms with van der Waals surface area (Å²) in [4.78, 5) is 0. The molecule has 1 fully saturated rings. The van der Waals surface area contributed by atoms with E-state index in [-0.39, 0.29) is 0 Å². The largest absolute Gasteiger partial charge is 0.328 e. The number of hydrogen-bond donors (Lipinski definition) is 1. The van der Waals surface area contributed by atoms with Gasteiger partial charge in [0.25, 0.3) is 0 Å². The van der Waals surface area contributed by atoms with Crippen LogP contribution in [0.4, 0.5) is 0 Å². The standard InChI is InChI=1S/C18H37N/c1-2-3-4-5-6-7-8-9-10-11-15-18(19)16-17-13-12-14-17/h17-18H,2-16,19H2,1H3. The monoisotopic (exact) mass is 267 g/mol. The summed E-state index contributed by atoms with van der Waals surface area (Å²) in [6.07, 6.45) is 21.2. The molecular formula is C18H37N. The first kappa shape index (κ1) is 17.0. The number of unbranched alkanes of at least 4 members (excludes halogenated alkanes) is 9. The third kappa shape index (κ3) is 9.49. The summed E-state index contributed by atoms with van der Waals surface area (Å²) in [6, 6.07) is 0.499. The molecule has 1 nitrogen and oxygen atoms in total. The highest BCUT2D eigenvalue weighted by Gasteiger charge is 2.19. The molecule has 1 aliphatic carbocycles. The maximum atomic E-state index is 6.19. The zero-order chi connectivity index (χ0) is 13.8. The van der Waals surface area contributed by atoms with Crippen molar-refractivity contribution < 1.29 is 0 Å². The van der Waals surface area contributed by atoms with Gasteiger partial charge in [-0.1, -0.05) is 90.4 Å². The topological polar surface area (TPSA) is 26.0 Å². The lowest BCUT2D eigenvalue weighted by molar-refractivity contribution is 0.270. The number of rotatable bonds is 13. The highest BCUT2D eigenvalue weighted by molar-refractivity contribution is 4.75. The van der Waals surface area contributed by atoms with E-state index in [0.29, 0.717) is 6.04 Å². The molecule has 1 rings (SSSR count). The Morgan fingerprint density at radius 2 is 1.37 bits per heavy atom. The molecule has 19 heavy (non-hydrogen) atoms. The quantitative estimate of drug-likeness (QED) is 0.418. The van der Waals surface area contributed by atoms with Crippen LogP contribution >= 0.6 is 0 Å². The Labute approximate surface area is 121 Å². The molecule has 0 heterocycles. The second kappa shape index (κ2) is 11.8. The van der Waals surface area contributed by atoms with Gasteiger partial charge in [0.15, 0.2) is 0 Å². The van der Waals surface area contributed by atoms with E-state index in [4.69, 9.17) is 5.73 Å². The van der Waals surface area contributed by atoms with Gasteiger partial charge in [0.2, 0.25) is 0 Å². The summed E-state index contributed by atoms with van der Waals surface area (Å²) in [5.74, 6) is 0.984. The van der Waals surface area contributed by atoms with Crippen LogP contribution in [0.1, 0.15) is 103 Å². The zero-order valence-corrected chi connectivity index (χ0v) is 13.3. The van der Waals surface area contributed by atoms with Gasteiger partial charge in [-0.05, 0) is 18.8 Å². The first-order valence-electron chi connectivity index (χ1n) is 9.08. The van der Waals surface area contributed by atoms with Gasteiger partial charge >= 0.3 is 0 Å². The molecule has 0 saturated heterocycles. The summed E-state index contributed by atoms with van der Waals surface area (Å²) in [6.45, 7) is 2.29. The van der Waals surface area contributed by atoms with Gasteiger partial charge in [-0.2, -0.15) is 0 Å². The van der Waals surface area contributed by atoms with Crippen molar-refractivity contribution in [1.29, 1.82) is 0 Å². The van der Waals surface area contributed by atoms with Crippen LogP contribution in [0.5, 0.6) is 0 Å².